The Balaban J connectivity index is 2.15. The number of hydrogen-bond donors (Lipinski definition) is 2. The van der Waals surface area contributed by atoms with Gasteiger partial charge in [-0.2, -0.15) is 0 Å². The fraction of sp³-hybridized carbons (Fsp3) is 0.500. The van der Waals surface area contributed by atoms with Crippen molar-refractivity contribution >= 4 is 27.5 Å². The fourth-order valence-corrected chi connectivity index (χ4v) is 2.59. The second kappa shape index (κ2) is 6.39. The molecule has 1 fully saturated rings. The molecule has 0 radical (unpaired) electrons. The predicted octanol–water partition coefficient (Wildman–Crippen LogP) is 2.41. The monoisotopic (exact) mass is 326 g/mol. The third kappa shape index (κ3) is 3.28. The van der Waals surface area contributed by atoms with Crippen molar-refractivity contribution < 1.29 is 9.90 Å². The molecule has 1 aromatic carbocycles. The Morgan fingerprint density at radius 3 is 2.74 bits per heavy atom. The summed E-state index contributed by atoms with van der Waals surface area (Å²) in [7, 11) is 0. The lowest BCUT2D eigenvalue weighted by Gasteiger charge is -2.37. The number of hydrogen-bond acceptors (Lipinski definition) is 3. The first-order chi connectivity index (χ1) is 9.13. The van der Waals surface area contributed by atoms with Gasteiger partial charge in [-0.3, -0.25) is 4.79 Å². The SMILES string of the molecule is Nc1ccc(C(=O)N(CCCO)C2CCC2)cc1Br. The van der Waals surface area contributed by atoms with Crippen molar-refractivity contribution in [2.75, 3.05) is 18.9 Å². The van der Waals surface area contributed by atoms with Crippen LogP contribution in [-0.2, 0) is 0 Å². The van der Waals surface area contributed by atoms with Crippen LogP contribution in [0.5, 0.6) is 0 Å². The van der Waals surface area contributed by atoms with Crippen LogP contribution in [-0.4, -0.2) is 35.1 Å². The van der Waals surface area contributed by atoms with Gasteiger partial charge in [0.2, 0.25) is 0 Å². The van der Waals surface area contributed by atoms with Gasteiger partial charge in [-0.15, -0.1) is 0 Å². The maximum Gasteiger partial charge on any atom is 0.254 e. The largest absolute Gasteiger partial charge is 0.398 e. The summed E-state index contributed by atoms with van der Waals surface area (Å²) >= 11 is 3.35. The molecule has 1 saturated carbocycles. The molecule has 19 heavy (non-hydrogen) atoms. The molecule has 1 aliphatic carbocycles. The highest BCUT2D eigenvalue weighted by molar-refractivity contribution is 9.10. The number of halogens is 1. The average Bonchev–Trinajstić information content (AvgIpc) is 2.34. The van der Waals surface area contributed by atoms with E-state index in [2.05, 4.69) is 15.9 Å². The van der Waals surface area contributed by atoms with Crippen molar-refractivity contribution in [3.63, 3.8) is 0 Å². The molecular weight excluding hydrogens is 308 g/mol. The van der Waals surface area contributed by atoms with Crippen molar-refractivity contribution in [1.82, 2.24) is 4.90 Å². The van der Waals surface area contributed by atoms with Crippen LogP contribution >= 0.6 is 15.9 Å². The van der Waals surface area contributed by atoms with E-state index in [0.717, 1.165) is 17.3 Å². The van der Waals surface area contributed by atoms with E-state index >= 15 is 0 Å². The fourth-order valence-electron chi connectivity index (χ4n) is 2.22. The molecular formula is C14H19BrN2O2. The minimum atomic E-state index is 0.0267. The number of nitrogens with zero attached hydrogens (tertiary/aromatic N) is 1. The normalized spacial score (nSPS) is 15.1. The van der Waals surface area contributed by atoms with Crippen LogP contribution in [0, 0.1) is 0 Å². The lowest BCUT2D eigenvalue weighted by molar-refractivity contribution is 0.0562. The minimum Gasteiger partial charge on any atom is -0.398 e. The molecule has 5 heteroatoms. The van der Waals surface area contributed by atoms with Gasteiger partial charge in [0.15, 0.2) is 0 Å². The summed E-state index contributed by atoms with van der Waals surface area (Å²) in [6.45, 7) is 0.726. The molecule has 1 aromatic rings. The van der Waals surface area contributed by atoms with Gasteiger partial charge < -0.3 is 15.7 Å². The minimum absolute atomic E-state index is 0.0267. The maximum atomic E-state index is 12.5. The van der Waals surface area contributed by atoms with Gasteiger partial charge in [0, 0.05) is 34.9 Å². The van der Waals surface area contributed by atoms with Crippen LogP contribution in [0.15, 0.2) is 22.7 Å². The van der Waals surface area contributed by atoms with E-state index in [-0.39, 0.29) is 12.5 Å². The van der Waals surface area contributed by atoms with E-state index in [1.807, 2.05) is 4.90 Å². The first kappa shape index (κ1) is 14.3. The van der Waals surface area contributed by atoms with Crippen LogP contribution < -0.4 is 5.73 Å². The van der Waals surface area contributed by atoms with Crippen molar-refractivity contribution in [3.05, 3.63) is 28.2 Å². The molecule has 0 aliphatic heterocycles. The Labute approximate surface area is 121 Å². The summed E-state index contributed by atoms with van der Waals surface area (Å²) in [6.07, 6.45) is 3.93. The zero-order valence-electron chi connectivity index (χ0n) is 10.8. The third-order valence-electron chi connectivity index (χ3n) is 3.58. The lowest BCUT2D eigenvalue weighted by atomic mass is 9.90. The van der Waals surface area contributed by atoms with E-state index in [9.17, 15) is 4.79 Å². The van der Waals surface area contributed by atoms with E-state index in [0.29, 0.717) is 30.3 Å². The number of amides is 1. The van der Waals surface area contributed by atoms with Crippen molar-refractivity contribution in [2.24, 2.45) is 0 Å². The van der Waals surface area contributed by atoms with E-state index < -0.39 is 0 Å². The molecule has 0 saturated heterocycles. The number of anilines is 1. The van der Waals surface area contributed by atoms with E-state index in [1.54, 1.807) is 18.2 Å². The number of rotatable bonds is 5. The van der Waals surface area contributed by atoms with Gasteiger partial charge in [0.1, 0.15) is 0 Å². The second-order valence-corrected chi connectivity index (χ2v) is 5.75. The Morgan fingerprint density at radius 2 is 2.21 bits per heavy atom. The molecule has 2 rings (SSSR count). The topological polar surface area (TPSA) is 66.6 Å². The zero-order chi connectivity index (χ0) is 13.8. The molecule has 0 spiro atoms. The van der Waals surface area contributed by atoms with Crippen molar-refractivity contribution in [3.8, 4) is 0 Å². The molecule has 1 aliphatic rings. The van der Waals surface area contributed by atoms with Crippen LogP contribution in [0.1, 0.15) is 36.0 Å². The Hall–Kier alpha value is -1.07. The Morgan fingerprint density at radius 1 is 1.47 bits per heavy atom. The zero-order valence-corrected chi connectivity index (χ0v) is 12.4. The summed E-state index contributed by atoms with van der Waals surface area (Å²) < 4.78 is 0.745. The summed E-state index contributed by atoms with van der Waals surface area (Å²) in [6, 6.07) is 5.59. The molecule has 1 amide bonds. The van der Waals surface area contributed by atoms with Gasteiger partial charge >= 0.3 is 0 Å². The summed E-state index contributed by atoms with van der Waals surface area (Å²) in [5.41, 5.74) is 7.01. The van der Waals surface area contributed by atoms with Gasteiger partial charge in [0.05, 0.1) is 0 Å². The highest BCUT2D eigenvalue weighted by atomic mass is 79.9. The van der Waals surface area contributed by atoms with Gasteiger partial charge in [-0.05, 0) is 59.8 Å². The highest BCUT2D eigenvalue weighted by Crippen LogP contribution is 2.28. The molecule has 4 nitrogen and oxygen atoms in total. The first-order valence-electron chi connectivity index (χ1n) is 6.60. The number of aliphatic hydroxyl groups is 1. The van der Waals surface area contributed by atoms with Gasteiger partial charge in [-0.1, -0.05) is 0 Å². The van der Waals surface area contributed by atoms with Crippen LogP contribution in [0.2, 0.25) is 0 Å². The molecule has 3 N–H and O–H groups in total. The number of nitrogens with two attached hydrogens (primary N) is 1. The van der Waals surface area contributed by atoms with Crippen molar-refractivity contribution in [1.29, 1.82) is 0 Å². The number of nitrogen functional groups attached to an aromatic ring is 1. The molecule has 0 aromatic heterocycles. The molecule has 104 valence electrons. The maximum absolute atomic E-state index is 12.5. The molecule has 0 bridgehead atoms. The standard InChI is InChI=1S/C14H19BrN2O2/c15-12-9-10(5-6-13(12)16)14(19)17(7-2-8-18)11-3-1-4-11/h5-6,9,11,18H,1-4,7-8,16H2. The highest BCUT2D eigenvalue weighted by Gasteiger charge is 2.29. The van der Waals surface area contributed by atoms with Gasteiger partial charge in [0.25, 0.3) is 5.91 Å². The van der Waals surface area contributed by atoms with E-state index in [1.165, 1.54) is 6.42 Å². The quantitative estimate of drug-likeness (QED) is 0.816. The number of aliphatic hydroxyl groups excluding tert-OH is 1. The Kier molecular flexibility index (Phi) is 4.82. The Bertz CT molecular complexity index is 461. The smallest absolute Gasteiger partial charge is 0.254 e. The summed E-state index contributed by atoms with van der Waals surface area (Å²) in [5, 5.41) is 8.96. The predicted molar refractivity (Wildman–Crippen MR) is 78.9 cm³/mol. The number of carbonyl (C=O) groups excluding carboxylic acids is 1. The van der Waals surface area contributed by atoms with Crippen LogP contribution in [0.25, 0.3) is 0 Å². The third-order valence-corrected chi connectivity index (χ3v) is 4.27. The number of benzene rings is 1. The first-order valence-corrected chi connectivity index (χ1v) is 7.39. The summed E-state index contributed by atoms with van der Waals surface area (Å²) in [4.78, 5) is 14.4. The van der Waals surface area contributed by atoms with E-state index in [4.69, 9.17) is 10.8 Å². The van der Waals surface area contributed by atoms with Crippen LogP contribution in [0.4, 0.5) is 5.69 Å². The summed E-state index contributed by atoms with van der Waals surface area (Å²) in [5.74, 6) is 0.0267. The molecule has 0 atom stereocenters. The average molecular weight is 327 g/mol. The van der Waals surface area contributed by atoms with Crippen molar-refractivity contribution in [2.45, 2.75) is 31.7 Å². The molecule has 0 unspecified atom stereocenters. The van der Waals surface area contributed by atoms with Gasteiger partial charge in [-0.25, -0.2) is 0 Å². The van der Waals surface area contributed by atoms with Crippen LogP contribution in [0.3, 0.4) is 0 Å². The lowest BCUT2D eigenvalue weighted by Crippen LogP contribution is -2.45. The molecule has 0 heterocycles. The second-order valence-electron chi connectivity index (χ2n) is 4.90. The number of carbonyl (C=O) groups is 1.